The molecule has 0 saturated heterocycles. The van der Waals surface area contributed by atoms with Crippen LogP contribution in [0.2, 0.25) is 0 Å². The van der Waals surface area contributed by atoms with Gasteiger partial charge in [-0.3, -0.25) is 4.79 Å². The molecule has 1 aliphatic carbocycles. The van der Waals surface area contributed by atoms with Gasteiger partial charge in [-0.1, -0.05) is 30.3 Å². The summed E-state index contributed by atoms with van der Waals surface area (Å²) in [5.74, 6) is 0.257. The molecule has 21 heavy (non-hydrogen) atoms. The Balaban J connectivity index is 1.83. The summed E-state index contributed by atoms with van der Waals surface area (Å²) in [6.07, 6.45) is 1.75. The van der Waals surface area contributed by atoms with Crippen molar-refractivity contribution in [3.63, 3.8) is 0 Å². The number of hydrogen-bond acceptors (Lipinski definition) is 3. The highest BCUT2D eigenvalue weighted by Crippen LogP contribution is 2.42. The molecule has 0 bridgehead atoms. The molecule has 0 spiro atoms. The van der Waals surface area contributed by atoms with Crippen LogP contribution in [0.25, 0.3) is 0 Å². The second kappa shape index (κ2) is 4.52. The number of carbonyl (C=O) groups excluding carboxylic acids is 1. The van der Waals surface area contributed by atoms with Crippen molar-refractivity contribution >= 4 is 11.6 Å². The van der Waals surface area contributed by atoms with Crippen LogP contribution in [0.15, 0.2) is 48.5 Å². The molecule has 2 N–H and O–H groups in total. The van der Waals surface area contributed by atoms with Gasteiger partial charge in [0, 0.05) is 17.3 Å². The Hall–Kier alpha value is -2.49. The van der Waals surface area contributed by atoms with Crippen LogP contribution in [0.3, 0.4) is 0 Å². The van der Waals surface area contributed by atoms with E-state index < -0.39 is 0 Å². The third-order valence-corrected chi connectivity index (χ3v) is 4.13. The molecular formula is C17H16N2O2. The van der Waals surface area contributed by atoms with E-state index in [1.54, 1.807) is 12.1 Å². The number of phenolic OH excluding ortho intramolecular Hbond substituents is 1. The van der Waals surface area contributed by atoms with Crippen molar-refractivity contribution in [3.05, 3.63) is 59.7 Å². The van der Waals surface area contributed by atoms with E-state index in [1.165, 1.54) is 0 Å². The number of aromatic hydroxyl groups is 1. The zero-order valence-corrected chi connectivity index (χ0v) is 11.5. The Labute approximate surface area is 123 Å². The zero-order valence-electron chi connectivity index (χ0n) is 11.5. The van der Waals surface area contributed by atoms with E-state index in [0.717, 1.165) is 24.1 Å². The van der Waals surface area contributed by atoms with E-state index in [-0.39, 0.29) is 23.9 Å². The van der Waals surface area contributed by atoms with E-state index in [1.807, 2.05) is 41.3 Å². The van der Waals surface area contributed by atoms with Crippen LogP contribution in [-0.2, 0) is 0 Å². The number of carbonyl (C=O) groups is 1. The molecule has 1 heterocycles. The molecule has 4 rings (SSSR count). The summed E-state index contributed by atoms with van der Waals surface area (Å²) < 4.78 is 0. The van der Waals surface area contributed by atoms with Crippen molar-refractivity contribution in [2.75, 3.05) is 5.32 Å². The van der Waals surface area contributed by atoms with Gasteiger partial charge in [-0.25, -0.2) is 0 Å². The summed E-state index contributed by atoms with van der Waals surface area (Å²) in [5, 5.41) is 13.5. The SMILES string of the molecule is O=C1c2ccccc2NC(c2ccccc2O)N1C1CC1. The Morgan fingerprint density at radius 1 is 1.05 bits per heavy atom. The van der Waals surface area contributed by atoms with Gasteiger partial charge in [-0.15, -0.1) is 0 Å². The highest BCUT2D eigenvalue weighted by Gasteiger charge is 2.42. The highest BCUT2D eigenvalue weighted by molar-refractivity contribution is 6.02. The third-order valence-electron chi connectivity index (χ3n) is 4.13. The number of anilines is 1. The van der Waals surface area contributed by atoms with Crippen molar-refractivity contribution in [1.29, 1.82) is 0 Å². The zero-order chi connectivity index (χ0) is 14.4. The number of fused-ring (bicyclic) bond motifs is 1. The standard InChI is InChI=1S/C17H16N2O2/c20-15-8-4-2-6-13(15)16-18-14-7-3-1-5-12(14)17(21)19(16)11-9-10-11/h1-8,11,16,18,20H,9-10H2. The molecule has 2 aromatic carbocycles. The van der Waals surface area contributed by atoms with E-state index in [2.05, 4.69) is 5.32 Å². The second-order valence-corrected chi connectivity index (χ2v) is 5.59. The van der Waals surface area contributed by atoms with Crippen molar-refractivity contribution in [2.24, 2.45) is 0 Å². The molecule has 0 aromatic heterocycles. The molecule has 1 saturated carbocycles. The van der Waals surface area contributed by atoms with Gasteiger partial charge in [0.05, 0.1) is 5.56 Å². The van der Waals surface area contributed by atoms with Crippen LogP contribution in [-0.4, -0.2) is 22.0 Å². The van der Waals surface area contributed by atoms with Crippen molar-refractivity contribution in [1.82, 2.24) is 4.90 Å². The number of nitrogens with zero attached hydrogens (tertiary/aromatic N) is 1. The summed E-state index contributed by atoms with van der Waals surface area (Å²) in [5.41, 5.74) is 2.27. The first-order valence-electron chi connectivity index (χ1n) is 7.22. The number of benzene rings is 2. The van der Waals surface area contributed by atoms with Crippen LogP contribution in [0, 0.1) is 0 Å². The Kier molecular flexibility index (Phi) is 2.64. The first-order valence-corrected chi connectivity index (χ1v) is 7.22. The topological polar surface area (TPSA) is 52.6 Å². The van der Waals surface area contributed by atoms with E-state index >= 15 is 0 Å². The lowest BCUT2D eigenvalue weighted by molar-refractivity contribution is 0.0664. The Bertz CT molecular complexity index is 709. The normalized spacial score (nSPS) is 20.9. The quantitative estimate of drug-likeness (QED) is 0.888. The van der Waals surface area contributed by atoms with Crippen LogP contribution in [0.4, 0.5) is 5.69 Å². The molecule has 1 atom stereocenters. The minimum Gasteiger partial charge on any atom is -0.508 e. The van der Waals surface area contributed by atoms with Crippen LogP contribution in [0.1, 0.15) is 34.9 Å². The Morgan fingerprint density at radius 3 is 2.52 bits per heavy atom. The lowest BCUT2D eigenvalue weighted by atomic mass is 10.0. The highest BCUT2D eigenvalue weighted by atomic mass is 16.3. The number of phenols is 1. The van der Waals surface area contributed by atoms with Gasteiger partial charge in [0.15, 0.2) is 0 Å². The number of amides is 1. The predicted octanol–water partition coefficient (Wildman–Crippen LogP) is 3.12. The molecule has 1 fully saturated rings. The molecule has 2 aliphatic rings. The lowest BCUT2D eigenvalue weighted by Gasteiger charge is -2.38. The molecule has 1 amide bonds. The van der Waals surface area contributed by atoms with E-state index in [9.17, 15) is 9.90 Å². The number of nitrogens with one attached hydrogen (secondary N) is 1. The van der Waals surface area contributed by atoms with Gasteiger partial charge in [-0.05, 0) is 31.0 Å². The van der Waals surface area contributed by atoms with Gasteiger partial charge in [0.25, 0.3) is 5.91 Å². The average molecular weight is 280 g/mol. The fourth-order valence-corrected chi connectivity index (χ4v) is 2.94. The van der Waals surface area contributed by atoms with Crippen molar-refractivity contribution in [2.45, 2.75) is 25.0 Å². The van der Waals surface area contributed by atoms with Gasteiger partial charge >= 0.3 is 0 Å². The van der Waals surface area contributed by atoms with Crippen LogP contribution >= 0.6 is 0 Å². The summed E-state index contributed by atoms with van der Waals surface area (Å²) in [4.78, 5) is 14.7. The first kappa shape index (κ1) is 12.3. The molecule has 4 heteroatoms. The molecule has 4 nitrogen and oxygen atoms in total. The van der Waals surface area contributed by atoms with Gasteiger partial charge in [0.1, 0.15) is 11.9 Å². The van der Waals surface area contributed by atoms with Gasteiger partial charge in [0.2, 0.25) is 0 Å². The molecule has 1 aliphatic heterocycles. The lowest BCUT2D eigenvalue weighted by Crippen LogP contribution is -2.44. The third kappa shape index (κ3) is 1.95. The molecule has 0 radical (unpaired) electrons. The fourth-order valence-electron chi connectivity index (χ4n) is 2.94. The van der Waals surface area contributed by atoms with Crippen molar-refractivity contribution in [3.8, 4) is 5.75 Å². The predicted molar refractivity (Wildman–Crippen MR) is 80.1 cm³/mol. The molecule has 106 valence electrons. The number of para-hydroxylation sites is 2. The maximum absolute atomic E-state index is 12.8. The summed E-state index contributed by atoms with van der Waals surface area (Å²) in [7, 11) is 0. The monoisotopic (exact) mass is 280 g/mol. The number of hydrogen-bond donors (Lipinski definition) is 2. The van der Waals surface area contributed by atoms with Crippen LogP contribution in [0.5, 0.6) is 5.75 Å². The molecule has 1 unspecified atom stereocenters. The van der Waals surface area contributed by atoms with E-state index in [4.69, 9.17) is 0 Å². The van der Waals surface area contributed by atoms with Gasteiger partial charge < -0.3 is 15.3 Å². The number of rotatable bonds is 2. The fraction of sp³-hybridized carbons (Fsp3) is 0.235. The maximum atomic E-state index is 12.8. The molecule has 2 aromatic rings. The molecular weight excluding hydrogens is 264 g/mol. The smallest absolute Gasteiger partial charge is 0.258 e. The summed E-state index contributed by atoms with van der Waals surface area (Å²) in [6.45, 7) is 0. The van der Waals surface area contributed by atoms with E-state index in [0.29, 0.717) is 5.56 Å². The summed E-state index contributed by atoms with van der Waals surface area (Å²) >= 11 is 0. The second-order valence-electron chi connectivity index (χ2n) is 5.59. The first-order chi connectivity index (χ1) is 10.3. The van der Waals surface area contributed by atoms with Gasteiger partial charge in [-0.2, -0.15) is 0 Å². The minimum absolute atomic E-state index is 0.0418. The average Bonchev–Trinajstić information content (AvgIpc) is 3.32. The Morgan fingerprint density at radius 2 is 1.76 bits per heavy atom. The largest absolute Gasteiger partial charge is 0.508 e. The summed E-state index contributed by atoms with van der Waals surface area (Å²) in [6, 6.07) is 15.0. The van der Waals surface area contributed by atoms with Crippen molar-refractivity contribution < 1.29 is 9.90 Å². The maximum Gasteiger partial charge on any atom is 0.258 e. The van der Waals surface area contributed by atoms with Crippen LogP contribution < -0.4 is 5.32 Å². The minimum atomic E-state index is -0.305.